The topological polar surface area (TPSA) is 87.7 Å². The van der Waals surface area contributed by atoms with Gasteiger partial charge in [0.1, 0.15) is 5.75 Å². The van der Waals surface area contributed by atoms with Gasteiger partial charge in [-0.3, -0.25) is 4.79 Å². The van der Waals surface area contributed by atoms with Gasteiger partial charge in [-0.25, -0.2) is 8.42 Å². The smallest absolute Gasteiger partial charge is 0.387 e. The van der Waals surface area contributed by atoms with Crippen molar-refractivity contribution < 1.29 is 26.7 Å². The molecule has 2 aromatic rings. The number of hydrogen-bond acceptors (Lipinski definition) is 5. The summed E-state index contributed by atoms with van der Waals surface area (Å²) in [7, 11) is -3.56. The van der Waals surface area contributed by atoms with Crippen LogP contribution in [-0.2, 0) is 14.8 Å². The average molecular weight is 439 g/mol. The van der Waals surface area contributed by atoms with Gasteiger partial charge in [-0.1, -0.05) is 12.5 Å². The van der Waals surface area contributed by atoms with E-state index in [2.05, 4.69) is 15.4 Å². The lowest BCUT2D eigenvalue weighted by molar-refractivity contribution is -0.114. The van der Waals surface area contributed by atoms with E-state index in [-0.39, 0.29) is 23.1 Å². The first-order valence-electron chi connectivity index (χ1n) is 9.53. The second-order valence-corrected chi connectivity index (χ2v) is 8.74. The number of nitrogens with zero attached hydrogens (tertiary/aromatic N) is 1. The summed E-state index contributed by atoms with van der Waals surface area (Å²) in [6, 6.07) is 11.9. The van der Waals surface area contributed by atoms with Crippen molar-refractivity contribution in [1.82, 2.24) is 4.31 Å². The van der Waals surface area contributed by atoms with Gasteiger partial charge < -0.3 is 15.4 Å². The Bertz CT molecular complexity index is 962. The van der Waals surface area contributed by atoms with Crippen LogP contribution in [0, 0.1) is 0 Å². The molecule has 1 aliphatic rings. The number of piperidine rings is 1. The molecule has 10 heteroatoms. The number of amides is 1. The van der Waals surface area contributed by atoms with E-state index < -0.39 is 16.6 Å². The Morgan fingerprint density at radius 3 is 2.40 bits per heavy atom. The number of carbonyl (C=O) groups excluding carboxylic acids is 1. The van der Waals surface area contributed by atoms with Crippen molar-refractivity contribution in [3.8, 4) is 5.75 Å². The minimum absolute atomic E-state index is 0.00662. The molecule has 0 bridgehead atoms. The fraction of sp³-hybridized carbons (Fsp3) is 0.350. The van der Waals surface area contributed by atoms with Crippen molar-refractivity contribution in [2.45, 2.75) is 30.8 Å². The number of benzene rings is 2. The molecule has 30 heavy (non-hydrogen) atoms. The van der Waals surface area contributed by atoms with Gasteiger partial charge >= 0.3 is 6.61 Å². The zero-order valence-corrected chi connectivity index (χ0v) is 17.0. The first-order chi connectivity index (χ1) is 14.3. The van der Waals surface area contributed by atoms with Gasteiger partial charge in [0.05, 0.1) is 11.4 Å². The number of nitrogens with one attached hydrogen (secondary N) is 2. The highest BCUT2D eigenvalue weighted by Gasteiger charge is 2.26. The number of alkyl halides is 2. The molecule has 0 aliphatic carbocycles. The molecule has 0 aromatic heterocycles. The molecule has 1 heterocycles. The first-order valence-corrected chi connectivity index (χ1v) is 11.0. The number of halogens is 2. The van der Waals surface area contributed by atoms with E-state index in [1.807, 2.05) is 0 Å². The Morgan fingerprint density at radius 2 is 1.73 bits per heavy atom. The van der Waals surface area contributed by atoms with Gasteiger partial charge in [-0.2, -0.15) is 13.1 Å². The molecule has 1 fully saturated rings. The lowest BCUT2D eigenvalue weighted by Gasteiger charge is -2.26. The second-order valence-electron chi connectivity index (χ2n) is 6.80. The SMILES string of the molecule is O=C(CNc1cccc(S(=O)(=O)N2CCCCC2)c1)Nc1ccc(OC(F)F)cc1. The molecule has 1 aliphatic heterocycles. The monoisotopic (exact) mass is 439 g/mol. The maximum absolute atomic E-state index is 12.8. The predicted octanol–water partition coefficient (Wildman–Crippen LogP) is 3.51. The third kappa shape index (κ3) is 5.90. The summed E-state index contributed by atoms with van der Waals surface area (Å²) in [5.74, 6) is -0.380. The van der Waals surface area contributed by atoms with Crippen LogP contribution in [0.1, 0.15) is 19.3 Å². The molecule has 1 amide bonds. The summed E-state index contributed by atoms with van der Waals surface area (Å²) in [4.78, 5) is 12.3. The van der Waals surface area contributed by atoms with Gasteiger partial charge in [0, 0.05) is 24.5 Å². The fourth-order valence-corrected chi connectivity index (χ4v) is 4.69. The minimum Gasteiger partial charge on any atom is -0.435 e. The van der Waals surface area contributed by atoms with E-state index in [1.165, 1.54) is 40.7 Å². The fourth-order valence-electron chi connectivity index (χ4n) is 3.13. The Hall–Kier alpha value is -2.72. The molecule has 0 unspecified atom stereocenters. The Kier molecular flexibility index (Phi) is 7.22. The van der Waals surface area contributed by atoms with Crippen LogP contribution >= 0.6 is 0 Å². The van der Waals surface area contributed by atoms with Crippen LogP contribution in [-0.4, -0.2) is 44.9 Å². The normalized spacial score (nSPS) is 15.0. The standard InChI is InChI=1S/C20H23F2N3O4S/c21-20(22)29-17-9-7-15(8-10-17)24-19(26)14-23-16-5-4-6-18(13-16)30(27,28)25-11-2-1-3-12-25/h4-10,13,20,23H,1-3,11-12,14H2,(H,24,26). The highest BCUT2D eigenvalue weighted by atomic mass is 32.2. The van der Waals surface area contributed by atoms with Crippen LogP contribution in [0.15, 0.2) is 53.4 Å². The van der Waals surface area contributed by atoms with Crippen LogP contribution in [0.25, 0.3) is 0 Å². The summed E-state index contributed by atoms with van der Waals surface area (Å²) in [6.45, 7) is -1.97. The van der Waals surface area contributed by atoms with Crippen molar-refractivity contribution in [2.24, 2.45) is 0 Å². The van der Waals surface area contributed by atoms with Crippen molar-refractivity contribution in [2.75, 3.05) is 30.3 Å². The summed E-state index contributed by atoms with van der Waals surface area (Å²) in [5.41, 5.74) is 0.925. The molecule has 0 atom stereocenters. The Morgan fingerprint density at radius 1 is 1.03 bits per heavy atom. The van der Waals surface area contributed by atoms with E-state index in [9.17, 15) is 22.0 Å². The molecule has 2 N–H and O–H groups in total. The van der Waals surface area contributed by atoms with Crippen molar-refractivity contribution in [3.05, 3.63) is 48.5 Å². The summed E-state index contributed by atoms with van der Waals surface area (Å²) in [5, 5.41) is 5.52. The van der Waals surface area contributed by atoms with Gasteiger partial charge in [0.15, 0.2) is 0 Å². The average Bonchev–Trinajstić information content (AvgIpc) is 2.74. The van der Waals surface area contributed by atoms with Crippen LogP contribution in [0.4, 0.5) is 20.2 Å². The molecular formula is C20H23F2N3O4S. The second kappa shape index (κ2) is 9.86. The maximum atomic E-state index is 12.8. The number of rotatable bonds is 8. The summed E-state index contributed by atoms with van der Waals surface area (Å²) in [6.07, 6.45) is 2.74. The van der Waals surface area contributed by atoms with Crippen LogP contribution in [0.5, 0.6) is 5.75 Å². The molecule has 0 radical (unpaired) electrons. The van der Waals surface area contributed by atoms with E-state index in [0.717, 1.165) is 19.3 Å². The third-order valence-corrected chi connectivity index (χ3v) is 6.50. The number of sulfonamides is 1. The highest BCUT2D eigenvalue weighted by molar-refractivity contribution is 7.89. The van der Waals surface area contributed by atoms with E-state index in [1.54, 1.807) is 12.1 Å². The highest BCUT2D eigenvalue weighted by Crippen LogP contribution is 2.23. The lowest BCUT2D eigenvalue weighted by Crippen LogP contribution is -2.35. The van der Waals surface area contributed by atoms with Crippen LogP contribution in [0.2, 0.25) is 0 Å². The largest absolute Gasteiger partial charge is 0.435 e. The number of ether oxygens (including phenoxy) is 1. The zero-order valence-electron chi connectivity index (χ0n) is 16.2. The number of anilines is 2. The van der Waals surface area contributed by atoms with Gasteiger partial charge in [-0.05, 0) is 55.3 Å². The zero-order chi connectivity index (χ0) is 21.6. The van der Waals surface area contributed by atoms with Gasteiger partial charge in [0.2, 0.25) is 15.9 Å². The first kappa shape index (κ1) is 22.0. The van der Waals surface area contributed by atoms with E-state index in [4.69, 9.17) is 0 Å². The van der Waals surface area contributed by atoms with Gasteiger partial charge in [-0.15, -0.1) is 0 Å². The van der Waals surface area contributed by atoms with Crippen molar-refractivity contribution >= 4 is 27.3 Å². The summed E-state index contributed by atoms with van der Waals surface area (Å²) >= 11 is 0. The van der Waals surface area contributed by atoms with Crippen LogP contribution < -0.4 is 15.4 Å². The molecular weight excluding hydrogens is 416 g/mol. The van der Waals surface area contributed by atoms with Crippen molar-refractivity contribution in [3.63, 3.8) is 0 Å². The lowest BCUT2D eigenvalue weighted by atomic mass is 10.2. The van der Waals surface area contributed by atoms with Crippen LogP contribution in [0.3, 0.4) is 0 Å². The minimum atomic E-state index is -3.56. The molecule has 3 rings (SSSR count). The van der Waals surface area contributed by atoms with E-state index in [0.29, 0.717) is 24.5 Å². The number of carbonyl (C=O) groups is 1. The van der Waals surface area contributed by atoms with Crippen molar-refractivity contribution in [1.29, 1.82) is 0 Å². The summed E-state index contributed by atoms with van der Waals surface area (Å²) < 4.78 is 55.6. The molecule has 0 saturated carbocycles. The van der Waals surface area contributed by atoms with E-state index >= 15 is 0 Å². The molecule has 1 saturated heterocycles. The molecule has 7 nitrogen and oxygen atoms in total. The maximum Gasteiger partial charge on any atom is 0.387 e. The predicted molar refractivity (Wildman–Crippen MR) is 109 cm³/mol. The Balaban J connectivity index is 1.56. The molecule has 2 aromatic carbocycles. The quantitative estimate of drug-likeness (QED) is 0.657. The Labute approximate surface area is 174 Å². The molecule has 162 valence electrons. The number of hydrogen-bond donors (Lipinski definition) is 2. The van der Waals surface area contributed by atoms with Gasteiger partial charge in [0.25, 0.3) is 0 Å². The molecule has 0 spiro atoms. The third-order valence-electron chi connectivity index (χ3n) is 4.60.